The lowest BCUT2D eigenvalue weighted by Gasteiger charge is -2.41. The lowest BCUT2D eigenvalue weighted by atomic mass is 9.92. The second-order valence-electron chi connectivity index (χ2n) is 12.1. The number of hydrogen-bond acceptors (Lipinski definition) is 4. The number of benzene rings is 3. The number of amides is 5. The number of para-hydroxylation sites is 1. The molecule has 4 heterocycles. The number of anilines is 1. The van der Waals surface area contributed by atoms with Crippen molar-refractivity contribution in [2.75, 3.05) is 18.4 Å². The van der Waals surface area contributed by atoms with E-state index in [4.69, 9.17) is 0 Å². The van der Waals surface area contributed by atoms with Gasteiger partial charge in [0.25, 0.3) is 0 Å². The Balaban J connectivity index is 1.06. The number of aromatic amines is 1. The molecule has 10 heteroatoms. The van der Waals surface area contributed by atoms with Crippen LogP contribution in [0.5, 0.6) is 0 Å². The highest BCUT2D eigenvalue weighted by Gasteiger charge is 2.36. The molecule has 0 bridgehead atoms. The number of carbonyl (C=O) groups is 3. The Labute approximate surface area is 256 Å². The van der Waals surface area contributed by atoms with E-state index in [9.17, 15) is 14.4 Å². The van der Waals surface area contributed by atoms with E-state index in [0.29, 0.717) is 51.9 Å². The van der Waals surface area contributed by atoms with E-state index in [0.717, 1.165) is 38.8 Å². The number of rotatable bonds is 4. The maximum absolute atomic E-state index is 14.2. The third kappa shape index (κ3) is 5.25. The molecule has 44 heavy (non-hydrogen) atoms. The van der Waals surface area contributed by atoms with Crippen LogP contribution in [0.2, 0.25) is 0 Å². The molecule has 4 aromatic rings. The van der Waals surface area contributed by atoms with Crippen LogP contribution < -0.4 is 10.6 Å². The molecule has 0 unspecified atom stereocenters. The number of aryl methyl sites for hydroxylation is 1. The highest BCUT2D eigenvalue weighted by molar-refractivity contribution is 5.92. The van der Waals surface area contributed by atoms with Gasteiger partial charge in [0.15, 0.2) is 0 Å². The first-order chi connectivity index (χ1) is 21.5. The number of likely N-dealkylation sites (tertiary alicyclic amines) is 1. The van der Waals surface area contributed by atoms with Crippen molar-refractivity contribution in [1.29, 1.82) is 0 Å². The minimum Gasteiger partial charge on any atom is -0.330 e. The molecule has 3 aliphatic rings. The molecule has 10 nitrogen and oxygen atoms in total. The molecule has 2 atom stereocenters. The first-order valence-electron chi connectivity index (χ1n) is 15.5. The smallest absolute Gasteiger partial charge is 0.322 e. The van der Waals surface area contributed by atoms with Gasteiger partial charge in [-0.2, -0.15) is 5.10 Å². The van der Waals surface area contributed by atoms with Crippen molar-refractivity contribution >= 4 is 34.6 Å². The second-order valence-corrected chi connectivity index (χ2v) is 12.1. The summed E-state index contributed by atoms with van der Waals surface area (Å²) in [5.74, 6) is -0.0839. The normalized spacial score (nSPS) is 19.9. The van der Waals surface area contributed by atoms with Crippen LogP contribution in [0.1, 0.15) is 54.5 Å². The molecule has 3 aromatic carbocycles. The molecule has 0 saturated carbocycles. The number of nitrogens with zero attached hydrogens (tertiary/aromatic N) is 4. The van der Waals surface area contributed by atoms with E-state index in [1.165, 1.54) is 0 Å². The highest BCUT2D eigenvalue weighted by Crippen LogP contribution is 2.32. The van der Waals surface area contributed by atoms with Gasteiger partial charge in [0.2, 0.25) is 5.91 Å². The van der Waals surface area contributed by atoms with Gasteiger partial charge in [0.05, 0.1) is 17.8 Å². The summed E-state index contributed by atoms with van der Waals surface area (Å²) in [5.41, 5.74) is 6.21. The Bertz CT molecular complexity index is 1700. The van der Waals surface area contributed by atoms with E-state index in [1.807, 2.05) is 83.6 Å². The van der Waals surface area contributed by atoms with Gasteiger partial charge in [-0.15, -0.1) is 0 Å². The van der Waals surface area contributed by atoms with Crippen molar-refractivity contribution in [3.05, 3.63) is 95.2 Å². The Hall–Kier alpha value is -4.86. The van der Waals surface area contributed by atoms with E-state index in [-0.39, 0.29) is 30.1 Å². The topological polar surface area (TPSA) is 114 Å². The molecule has 0 spiro atoms. The van der Waals surface area contributed by atoms with Crippen molar-refractivity contribution < 1.29 is 14.4 Å². The van der Waals surface area contributed by atoms with Crippen molar-refractivity contribution in [3.63, 3.8) is 0 Å². The summed E-state index contributed by atoms with van der Waals surface area (Å²) in [6.07, 6.45) is 4.39. The van der Waals surface area contributed by atoms with Crippen molar-refractivity contribution in [2.24, 2.45) is 0 Å². The van der Waals surface area contributed by atoms with Crippen molar-refractivity contribution in [3.8, 4) is 0 Å². The van der Waals surface area contributed by atoms with Gasteiger partial charge in [-0.25, -0.2) is 9.59 Å². The Kier molecular flexibility index (Phi) is 7.41. The number of fused-ring (bicyclic) bond motifs is 4. The zero-order valence-corrected chi connectivity index (χ0v) is 24.8. The molecule has 1 aromatic heterocycles. The third-order valence-corrected chi connectivity index (χ3v) is 9.54. The zero-order chi connectivity index (χ0) is 30.2. The molecule has 5 amide bonds. The zero-order valence-electron chi connectivity index (χ0n) is 24.8. The van der Waals surface area contributed by atoms with Gasteiger partial charge in [-0.1, -0.05) is 54.6 Å². The molecule has 1 saturated heterocycles. The minimum atomic E-state index is -0.649. The summed E-state index contributed by atoms with van der Waals surface area (Å²) in [6, 6.07) is 20.9. The molecular formula is C34H37N7O3. The Morgan fingerprint density at radius 1 is 0.932 bits per heavy atom. The molecule has 7 rings (SSSR count). The third-order valence-electron chi connectivity index (χ3n) is 9.54. The van der Waals surface area contributed by atoms with E-state index in [2.05, 4.69) is 26.9 Å². The maximum atomic E-state index is 14.2. The van der Waals surface area contributed by atoms with E-state index >= 15 is 0 Å². The monoisotopic (exact) mass is 591 g/mol. The minimum absolute atomic E-state index is 0.0499. The van der Waals surface area contributed by atoms with Gasteiger partial charge in [0.1, 0.15) is 6.04 Å². The fourth-order valence-corrected chi connectivity index (χ4v) is 6.93. The number of H-pyrrole nitrogens is 1. The summed E-state index contributed by atoms with van der Waals surface area (Å²) in [5, 5.41) is 14.4. The first kappa shape index (κ1) is 27.9. The second kappa shape index (κ2) is 11.7. The van der Waals surface area contributed by atoms with Crippen LogP contribution in [-0.2, 0) is 24.3 Å². The SMILES string of the molecule is C[C@@H](c1ccccc1)N1Cc2c(ccc3[nH]ncc23)CC[C@@H](NC(=O)N2CCC(N3Cc4ccccc4NC3=O)CC2)C1=O. The van der Waals surface area contributed by atoms with Crippen LogP contribution in [0.4, 0.5) is 15.3 Å². The van der Waals surface area contributed by atoms with Crippen LogP contribution in [-0.4, -0.2) is 68.0 Å². The average molecular weight is 592 g/mol. The van der Waals surface area contributed by atoms with Crippen LogP contribution in [0.25, 0.3) is 10.9 Å². The van der Waals surface area contributed by atoms with Gasteiger partial charge >= 0.3 is 12.1 Å². The van der Waals surface area contributed by atoms with E-state index < -0.39 is 6.04 Å². The summed E-state index contributed by atoms with van der Waals surface area (Å²) in [4.78, 5) is 46.2. The van der Waals surface area contributed by atoms with E-state index in [1.54, 1.807) is 4.90 Å². The van der Waals surface area contributed by atoms with Crippen LogP contribution in [0, 0.1) is 0 Å². The van der Waals surface area contributed by atoms with Gasteiger partial charge in [0, 0.05) is 43.3 Å². The lowest BCUT2D eigenvalue weighted by Crippen LogP contribution is -2.56. The molecule has 0 aliphatic carbocycles. The quantitative estimate of drug-likeness (QED) is 0.303. The summed E-state index contributed by atoms with van der Waals surface area (Å²) < 4.78 is 0. The molecule has 226 valence electrons. The van der Waals surface area contributed by atoms with Gasteiger partial charge in [-0.05, 0) is 67.0 Å². The van der Waals surface area contributed by atoms with Crippen molar-refractivity contribution in [2.45, 2.75) is 63.8 Å². The maximum Gasteiger partial charge on any atom is 0.322 e. The highest BCUT2D eigenvalue weighted by atomic mass is 16.2. The Morgan fingerprint density at radius 2 is 1.70 bits per heavy atom. The Morgan fingerprint density at radius 3 is 2.52 bits per heavy atom. The number of piperidine rings is 1. The molecule has 3 N–H and O–H groups in total. The van der Waals surface area contributed by atoms with Gasteiger partial charge < -0.3 is 25.3 Å². The van der Waals surface area contributed by atoms with Crippen LogP contribution in [0.15, 0.2) is 72.9 Å². The number of aromatic nitrogens is 2. The van der Waals surface area contributed by atoms with Crippen LogP contribution in [0.3, 0.4) is 0 Å². The summed E-state index contributed by atoms with van der Waals surface area (Å²) in [7, 11) is 0. The van der Waals surface area contributed by atoms with Crippen molar-refractivity contribution in [1.82, 2.24) is 30.2 Å². The summed E-state index contributed by atoms with van der Waals surface area (Å²) >= 11 is 0. The number of hydrogen-bond donors (Lipinski definition) is 3. The number of carbonyl (C=O) groups excluding carboxylic acids is 3. The first-order valence-corrected chi connectivity index (χ1v) is 15.5. The lowest BCUT2D eigenvalue weighted by molar-refractivity contribution is -0.136. The largest absolute Gasteiger partial charge is 0.330 e. The molecular weight excluding hydrogens is 554 g/mol. The van der Waals surface area contributed by atoms with Crippen LogP contribution >= 0.6 is 0 Å². The molecule has 1 fully saturated rings. The average Bonchev–Trinajstić information content (AvgIpc) is 3.54. The summed E-state index contributed by atoms with van der Waals surface area (Å²) in [6.45, 7) is 4.09. The fraction of sp³-hybridized carbons (Fsp3) is 0.353. The van der Waals surface area contributed by atoms with Gasteiger partial charge in [-0.3, -0.25) is 9.89 Å². The molecule has 3 aliphatic heterocycles. The number of urea groups is 2. The predicted molar refractivity (Wildman–Crippen MR) is 168 cm³/mol. The standard InChI is InChI=1S/C34H37N7O3/c1-22(23-7-3-2-4-8-23)40-21-28-24(11-13-30-27(28)19-35-38-30)12-14-31(32(40)42)37-33(43)39-17-15-26(16-18-39)41-20-25-9-5-6-10-29(25)36-34(41)44/h2-11,13,19,22,26,31H,12,14-18,20-21H2,1H3,(H,35,38)(H,36,44)(H,37,43)/t22-,31+/m0/s1. The number of nitrogens with one attached hydrogen (secondary N) is 3. The fourth-order valence-electron chi connectivity index (χ4n) is 6.93. The molecule has 0 radical (unpaired) electrons. The predicted octanol–water partition coefficient (Wildman–Crippen LogP) is 5.19.